The third-order valence-electron chi connectivity index (χ3n) is 4.23. The van der Waals surface area contributed by atoms with Crippen LogP contribution in [0.5, 0.6) is 0 Å². The molecule has 1 fully saturated rings. The van der Waals surface area contributed by atoms with Crippen molar-refractivity contribution >= 4 is 35.6 Å². The molecule has 0 aromatic heterocycles. The fourth-order valence-electron chi connectivity index (χ4n) is 2.91. The molecule has 2 amide bonds. The van der Waals surface area contributed by atoms with Crippen molar-refractivity contribution < 1.29 is 23.5 Å². The Morgan fingerprint density at radius 3 is 2.48 bits per heavy atom. The molecule has 1 aliphatic rings. The number of halogens is 2. The largest absolute Gasteiger partial charge is 0.444 e. The summed E-state index contributed by atoms with van der Waals surface area (Å²) in [7, 11) is 0. The van der Waals surface area contributed by atoms with Gasteiger partial charge in [0.1, 0.15) is 17.7 Å². The molecule has 0 N–H and O–H groups in total. The lowest BCUT2D eigenvalue weighted by atomic mass is 9.95. The zero-order valence-electron chi connectivity index (χ0n) is 15.7. The van der Waals surface area contributed by atoms with E-state index < -0.39 is 17.5 Å². The van der Waals surface area contributed by atoms with E-state index in [1.54, 1.807) is 25.7 Å². The topological polar surface area (TPSA) is 66.9 Å². The van der Waals surface area contributed by atoms with Gasteiger partial charge in [-0.2, -0.15) is 0 Å². The molecule has 1 saturated heterocycles. The molecule has 1 aromatic carbocycles. The van der Waals surface area contributed by atoms with E-state index in [0.717, 1.165) is 6.07 Å². The van der Waals surface area contributed by atoms with Gasteiger partial charge in [-0.15, -0.1) is 0 Å². The van der Waals surface area contributed by atoms with Gasteiger partial charge in [0, 0.05) is 24.7 Å². The van der Waals surface area contributed by atoms with Gasteiger partial charge >= 0.3 is 6.09 Å². The molecule has 0 unspecified atom stereocenters. The van der Waals surface area contributed by atoms with Crippen LogP contribution in [0.4, 0.5) is 14.9 Å². The Hall–Kier alpha value is -2.15. The molecule has 0 saturated carbocycles. The van der Waals surface area contributed by atoms with Gasteiger partial charge in [-0.1, -0.05) is 11.6 Å². The first-order valence-electron chi connectivity index (χ1n) is 8.80. The first-order chi connectivity index (χ1) is 12.6. The fourth-order valence-corrected chi connectivity index (χ4v) is 3.08. The molecule has 1 aliphatic heterocycles. The second-order valence-electron chi connectivity index (χ2n) is 7.46. The molecule has 0 aliphatic carbocycles. The molecular formula is C19H24ClFN2O4. The zero-order valence-corrected chi connectivity index (χ0v) is 16.5. The van der Waals surface area contributed by atoms with Crippen molar-refractivity contribution in [2.24, 2.45) is 5.92 Å². The van der Waals surface area contributed by atoms with E-state index in [1.807, 2.05) is 0 Å². The van der Waals surface area contributed by atoms with E-state index in [4.69, 9.17) is 16.3 Å². The zero-order chi connectivity index (χ0) is 20.2. The number of nitrogens with zero attached hydrogens (tertiary/aromatic N) is 2. The first kappa shape index (κ1) is 21.2. The standard InChI is InChI=1S/C19H24ClFN2O4/c1-19(2,3)27-18(26)22-8-6-13(7-9-22)17(25)23(10-11-24)14-4-5-16(21)15(20)12-14/h4-5,11-13H,6-10H2,1-3H3. The summed E-state index contributed by atoms with van der Waals surface area (Å²) in [5.41, 5.74) is -0.208. The second-order valence-corrected chi connectivity index (χ2v) is 7.86. The maximum atomic E-state index is 13.4. The van der Waals surface area contributed by atoms with Gasteiger partial charge in [-0.3, -0.25) is 4.79 Å². The number of aldehydes is 1. The predicted molar refractivity (Wildman–Crippen MR) is 100 cm³/mol. The summed E-state index contributed by atoms with van der Waals surface area (Å²) < 4.78 is 18.7. The van der Waals surface area contributed by atoms with Crippen molar-refractivity contribution in [2.45, 2.75) is 39.2 Å². The smallest absolute Gasteiger partial charge is 0.410 e. The van der Waals surface area contributed by atoms with E-state index in [0.29, 0.717) is 37.9 Å². The summed E-state index contributed by atoms with van der Waals surface area (Å²) in [4.78, 5) is 38.9. The lowest BCUT2D eigenvalue weighted by Crippen LogP contribution is -2.46. The number of amides is 2. The molecule has 0 atom stereocenters. The summed E-state index contributed by atoms with van der Waals surface area (Å²) >= 11 is 5.80. The van der Waals surface area contributed by atoms with Crippen molar-refractivity contribution in [2.75, 3.05) is 24.5 Å². The molecule has 0 radical (unpaired) electrons. The van der Waals surface area contributed by atoms with Crippen LogP contribution in [0.2, 0.25) is 5.02 Å². The SMILES string of the molecule is CC(C)(C)OC(=O)N1CCC(C(=O)N(CC=O)c2ccc(F)c(Cl)c2)CC1. The molecule has 148 valence electrons. The monoisotopic (exact) mass is 398 g/mol. The van der Waals surface area contributed by atoms with Gasteiger partial charge < -0.3 is 19.3 Å². The van der Waals surface area contributed by atoms with E-state index in [-0.39, 0.29) is 23.4 Å². The molecule has 8 heteroatoms. The second kappa shape index (κ2) is 8.69. The van der Waals surface area contributed by atoms with Crippen molar-refractivity contribution in [1.29, 1.82) is 0 Å². The number of ether oxygens (including phenoxy) is 1. The number of benzene rings is 1. The summed E-state index contributed by atoms with van der Waals surface area (Å²) in [6, 6.07) is 3.90. The normalized spacial score (nSPS) is 15.4. The summed E-state index contributed by atoms with van der Waals surface area (Å²) in [6.07, 6.45) is 1.14. The molecule has 27 heavy (non-hydrogen) atoms. The van der Waals surface area contributed by atoms with E-state index in [1.165, 1.54) is 17.0 Å². The summed E-state index contributed by atoms with van der Waals surface area (Å²) in [5, 5.41) is -0.115. The van der Waals surface area contributed by atoms with Gasteiger partial charge in [0.25, 0.3) is 0 Å². The van der Waals surface area contributed by atoms with Crippen LogP contribution >= 0.6 is 11.6 Å². The van der Waals surface area contributed by atoms with Crippen LogP contribution in [-0.4, -0.2) is 48.4 Å². The van der Waals surface area contributed by atoms with Crippen LogP contribution in [-0.2, 0) is 14.3 Å². The quantitative estimate of drug-likeness (QED) is 0.726. The van der Waals surface area contributed by atoms with Crippen molar-refractivity contribution in [3.63, 3.8) is 0 Å². The Kier molecular flexibility index (Phi) is 6.81. The number of anilines is 1. The Balaban J connectivity index is 2.04. The van der Waals surface area contributed by atoms with Crippen LogP contribution in [0, 0.1) is 11.7 Å². The average Bonchev–Trinajstić information content (AvgIpc) is 2.60. The molecule has 1 heterocycles. The lowest BCUT2D eigenvalue weighted by molar-refractivity contribution is -0.124. The minimum absolute atomic E-state index is 0.115. The average molecular weight is 399 g/mol. The molecule has 0 spiro atoms. The number of piperidine rings is 1. The van der Waals surface area contributed by atoms with Crippen molar-refractivity contribution in [3.8, 4) is 0 Å². The Bertz CT molecular complexity index is 712. The van der Waals surface area contributed by atoms with Crippen LogP contribution < -0.4 is 4.90 Å². The van der Waals surface area contributed by atoms with Crippen molar-refractivity contribution in [3.05, 3.63) is 29.0 Å². The van der Waals surface area contributed by atoms with Crippen LogP contribution in [0.3, 0.4) is 0 Å². The Morgan fingerprint density at radius 1 is 1.33 bits per heavy atom. The minimum atomic E-state index is -0.593. The van der Waals surface area contributed by atoms with Gasteiger partial charge in [-0.25, -0.2) is 9.18 Å². The highest BCUT2D eigenvalue weighted by atomic mass is 35.5. The van der Waals surface area contributed by atoms with Gasteiger partial charge in [0.2, 0.25) is 5.91 Å². The number of likely N-dealkylation sites (tertiary alicyclic amines) is 1. The van der Waals surface area contributed by atoms with Crippen LogP contribution in [0.1, 0.15) is 33.6 Å². The van der Waals surface area contributed by atoms with Crippen LogP contribution in [0.25, 0.3) is 0 Å². The minimum Gasteiger partial charge on any atom is -0.444 e. The highest BCUT2D eigenvalue weighted by Gasteiger charge is 2.32. The summed E-state index contributed by atoms with van der Waals surface area (Å²) in [6.45, 7) is 6.03. The number of rotatable bonds is 4. The third-order valence-corrected chi connectivity index (χ3v) is 4.52. The lowest BCUT2D eigenvalue weighted by Gasteiger charge is -2.34. The first-order valence-corrected chi connectivity index (χ1v) is 9.18. The van der Waals surface area contributed by atoms with Gasteiger partial charge in [0.05, 0.1) is 11.6 Å². The van der Waals surface area contributed by atoms with Gasteiger partial charge in [0.15, 0.2) is 0 Å². The summed E-state index contributed by atoms with van der Waals surface area (Å²) in [5.74, 6) is -1.18. The highest BCUT2D eigenvalue weighted by Crippen LogP contribution is 2.27. The molecule has 1 aromatic rings. The Morgan fingerprint density at radius 2 is 1.96 bits per heavy atom. The number of hydrogen-bond acceptors (Lipinski definition) is 4. The molecule has 2 rings (SSSR count). The fraction of sp³-hybridized carbons (Fsp3) is 0.526. The highest BCUT2D eigenvalue weighted by molar-refractivity contribution is 6.31. The predicted octanol–water partition coefficient (Wildman–Crippen LogP) is 3.66. The van der Waals surface area contributed by atoms with E-state index >= 15 is 0 Å². The third kappa shape index (κ3) is 5.66. The van der Waals surface area contributed by atoms with Crippen molar-refractivity contribution in [1.82, 2.24) is 4.90 Å². The number of carbonyl (C=O) groups is 3. The van der Waals surface area contributed by atoms with Gasteiger partial charge in [-0.05, 0) is 51.8 Å². The maximum Gasteiger partial charge on any atom is 0.410 e. The number of carbonyl (C=O) groups excluding carboxylic acids is 3. The Labute approximate surface area is 163 Å². The molecule has 0 bridgehead atoms. The van der Waals surface area contributed by atoms with E-state index in [9.17, 15) is 18.8 Å². The number of hydrogen-bond donors (Lipinski definition) is 0. The van der Waals surface area contributed by atoms with Crippen LogP contribution in [0.15, 0.2) is 18.2 Å². The van der Waals surface area contributed by atoms with E-state index in [2.05, 4.69) is 0 Å². The molecular weight excluding hydrogens is 375 g/mol. The maximum absolute atomic E-state index is 13.4. The molecule has 6 nitrogen and oxygen atoms in total.